The highest BCUT2D eigenvalue weighted by atomic mass is 32.2. The first-order valence-electron chi connectivity index (χ1n) is 6.53. The Labute approximate surface area is 109 Å². The molecule has 1 heterocycles. The molecule has 94 valence electrons. The van der Waals surface area contributed by atoms with Crippen molar-refractivity contribution in [2.45, 2.75) is 18.2 Å². The van der Waals surface area contributed by atoms with Gasteiger partial charge in [-0.05, 0) is 24.1 Å². The van der Waals surface area contributed by atoms with Crippen LogP contribution in [0.1, 0.15) is 12.5 Å². The third kappa shape index (κ3) is 4.34. The largest absolute Gasteiger partial charge is 0.314 e. The van der Waals surface area contributed by atoms with Gasteiger partial charge in [-0.25, -0.2) is 0 Å². The van der Waals surface area contributed by atoms with Crippen LogP contribution in [-0.2, 0) is 6.42 Å². The normalized spacial score (nSPS) is 17.2. The fourth-order valence-corrected chi connectivity index (χ4v) is 2.96. The van der Waals surface area contributed by atoms with Gasteiger partial charge >= 0.3 is 0 Å². The van der Waals surface area contributed by atoms with Gasteiger partial charge in [0.05, 0.1) is 0 Å². The third-order valence-corrected chi connectivity index (χ3v) is 4.21. The standard InChI is InChI=1S/C14H22N2S/c1-2-13-3-5-14(6-4-13)17-12-11-16-9-7-15-8-10-16/h3-6,15H,2,7-12H2,1H3. The van der Waals surface area contributed by atoms with E-state index in [1.54, 1.807) is 0 Å². The molecule has 1 N–H and O–H groups in total. The minimum atomic E-state index is 1.13. The van der Waals surface area contributed by atoms with Gasteiger partial charge in [-0.15, -0.1) is 11.8 Å². The van der Waals surface area contributed by atoms with Gasteiger partial charge in [-0.2, -0.15) is 0 Å². The molecular formula is C14H22N2S. The molecule has 17 heavy (non-hydrogen) atoms. The maximum Gasteiger partial charge on any atom is 0.0108 e. The fraction of sp³-hybridized carbons (Fsp3) is 0.571. The molecule has 1 aliphatic heterocycles. The number of thioether (sulfide) groups is 1. The van der Waals surface area contributed by atoms with Gasteiger partial charge in [0.15, 0.2) is 0 Å². The Kier molecular flexibility index (Phi) is 5.36. The van der Waals surface area contributed by atoms with E-state index < -0.39 is 0 Å². The van der Waals surface area contributed by atoms with Crippen molar-refractivity contribution in [3.05, 3.63) is 29.8 Å². The van der Waals surface area contributed by atoms with Gasteiger partial charge in [0.25, 0.3) is 0 Å². The number of benzene rings is 1. The Morgan fingerprint density at radius 1 is 1.18 bits per heavy atom. The lowest BCUT2D eigenvalue weighted by molar-refractivity contribution is 0.255. The minimum Gasteiger partial charge on any atom is -0.314 e. The van der Waals surface area contributed by atoms with E-state index in [9.17, 15) is 0 Å². The number of aryl methyl sites for hydroxylation is 1. The van der Waals surface area contributed by atoms with Crippen LogP contribution in [0.25, 0.3) is 0 Å². The molecule has 2 nitrogen and oxygen atoms in total. The van der Waals surface area contributed by atoms with Gasteiger partial charge in [0, 0.05) is 43.4 Å². The molecule has 2 rings (SSSR count). The van der Waals surface area contributed by atoms with Crippen molar-refractivity contribution in [1.82, 2.24) is 10.2 Å². The highest BCUT2D eigenvalue weighted by Gasteiger charge is 2.08. The molecule has 1 aromatic rings. The summed E-state index contributed by atoms with van der Waals surface area (Å²) in [5, 5.41) is 3.39. The van der Waals surface area contributed by atoms with Gasteiger partial charge in [0.2, 0.25) is 0 Å². The highest BCUT2D eigenvalue weighted by molar-refractivity contribution is 7.99. The summed E-state index contributed by atoms with van der Waals surface area (Å²) in [4.78, 5) is 3.95. The molecule has 0 aliphatic carbocycles. The van der Waals surface area contributed by atoms with E-state index in [0.29, 0.717) is 0 Å². The van der Waals surface area contributed by atoms with Crippen LogP contribution < -0.4 is 5.32 Å². The van der Waals surface area contributed by atoms with Crippen LogP contribution in [0.5, 0.6) is 0 Å². The summed E-state index contributed by atoms with van der Waals surface area (Å²) in [7, 11) is 0. The van der Waals surface area contributed by atoms with E-state index in [4.69, 9.17) is 0 Å². The Morgan fingerprint density at radius 2 is 1.88 bits per heavy atom. The van der Waals surface area contributed by atoms with E-state index in [1.165, 1.54) is 35.8 Å². The Bertz CT molecular complexity index is 317. The van der Waals surface area contributed by atoms with Crippen LogP contribution in [0.3, 0.4) is 0 Å². The molecule has 0 aromatic heterocycles. The first-order valence-corrected chi connectivity index (χ1v) is 7.52. The summed E-state index contributed by atoms with van der Waals surface area (Å²) < 4.78 is 0. The van der Waals surface area contributed by atoms with Crippen LogP contribution >= 0.6 is 11.8 Å². The first-order chi connectivity index (χ1) is 8.38. The van der Waals surface area contributed by atoms with Crippen molar-refractivity contribution < 1.29 is 0 Å². The van der Waals surface area contributed by atoms with Crippen molar-refractivity contribution in [3.63, 3.8) is 0 Å². The number of hydrogen-bond donors (Lipinski definition) is 1. The topological polar surface area (TPSA) is 15.3 Å². The molecule has 3 heteroatoms. The molecule has 1 saturated heterocycles. The number of nitrogens with one attached hydrogen (secondary N) is 1. The summed E-state index contributed by atoms with van der Waals surface area (Å²) in [6.07, 6.45) is 1.13. The zero-order chi connectivity index (χ0) is 11.9. The molecule has 1 fully saturated rings. The molecule has 1 aliphatic rings. The maximum absolute atomic E-state index is 3.39. The van der Waals surface area contributed by atoms with Crippen LogP contribution in [-0.4, -0.2) is 43.4 Å². The lowest BCUT2D eigenvalue weighted by atomic mass is 10.2. The molecule has 0 bridgehead atoms. The predicted octanol–water partition coefficient (Wildman–Crippen LogP) is 2.25. The van der Waals surface area contributed by atoms with E-state index in [1.807, 2.05) is 11.8 Å². The lowest BCUT2D eigenvalue weighted by Crippen LogP contribution is -2.44. The van der Waals surface area contributed by atoms with Crippen molar-refractivity contribution in [3.8, 4) is 0 Å². The Balaban J connectivity index is 1.69. The van der Waals surface area contributed by atoms with Crippen molar-refractivity contribution >= 4 is 11.8 Å². The van der Waals surface area contributed by atoms with E-state index >= 15 is 0 Å². The molecule has 1 aromatic carbocycles. The van der Waals surface area contributed by atoms with Crippen LogP contribution in [0.4, 0.5) is 0 Å². The number of hydrogen-bond acceptors (Lipinski definition) is 3. The minimum absolute atomic E-state index is 1.13. The second kappa shape index (κ2) is 7.04. The van der Waals surface area contributed by atoms with Gasteiger partial charge in [-0.1, -0.05) is 19.1 Å². The first kappa shape index (κ1) is 12.9. The van der Waals surface area contributed by atoms with E-state index in [2.05, 4.69) is 41.4 Å². The predicted molar refractivity (Wildman–Crippen MR) is 75.9 cm³/mol. The SMILES string of the molecule is CCc1ccc(SCCN2CCNCC2)cc1. The number of rotatable bonds is 5. The lowest BCUT2D eigenvalue weighted by Gasteiger charge is -2.26. The van der Waals surface area contributed by atoms with Gasteiger partial charge < -0.3 is 5.32 Å². The van der Waals surface area contributed by atoms with Gasteiger partial charge in [0.1, 0.15) is 0 Å². The molecule has 0 radical (unpaired) electrons. The zero-order valence-corrected chi connectivity index (χ0v) is 11.4. The van der Waals surface area contributed by atoms with Crippen molar-refractivity contribution in [1.29, 1.82) is 0 Å². The molecule has 0 saturated carbocycles. The summed E-state index contributed by atoms with van der Waals surface area (Å²) in [5.74, 6) is 1.20. The van der Waals surface area contributed by atoms with Crippen LogP contribution in [0.15, 0.2) is 29.2 Å². The average molecular weight is 250 g/mol. The molecular weight excluding hydrogens is 228 g/mol. The summed E-state index contributed by atoms with van der Waals surface area (Å²) in [5.41, 5.74) is 1.43. The summed E-state index contributed by atoms with van der Waals surface area (Å²) >= 11 is 1.97. The highest BCUT2D eigenvalue weighted by Crippen LogP contribution is 2.18. The second-order valence-electron chi connectivity index (χ2n) is 4.44. The molecule has 0 amide bonds. The third-order valence-electron chi connectivity index (χ3n) is 3.22. The zero-order valence-electron chi connectivity index (χ0n) is 10.6. The van der Waals surface area contributed by atoms with Crippen LogP contribution in [0.2, 0.25) is 0 Å². The Morgan fingerprint density at radius 3 is 2.53 bits per heavy atom. The molecule has 0 atom stereocenters. The monoisotopic (exact) mass is 250 g/mol. The molecule has 0 unspecified atom stereocenters. The number of piperazine rings is 1. The van der Waals surface area contributed by atoms with Crippen LogP contribution in [0, 0.1) is 0 Å². The molecule has 0 spiro atoms. The van der Waals surface area contributed by atoms with E-state index in [0.717, 1.165) is 19.5 Å². The fourth-order valence-electron chi connectivity index (χ4n) is 2.05. The average Bonchev–Trinajstić information content (AvgIpc) is 2.41. The second-order valence-corrected chi connectivity index (χ2v) is 5.61. The smallest absolute Gasteiger partial charge is 0.0108 e. The quantitative estimate of drug-likeness (QED) is 0.807. The summed E-state index contributed by atoms with van der Waals surface area (Å²) in [6.45, 7) is 8.12. The van der Waals surface area contributed by atoms with Gasteiger partial charge in [-0.3, -0.25) is 4.90 Å². The number of nitrogens with zero attached hydrogens (tertiary/aromatic N) is 1. The van der Waals surface area contributed by atoms with Crippen molar-refractivity contribution in [2.24, 2.45) is 0 Å². The maximum atomic E-state index is 3.39. The van der Waals surface area contributed by atoms with E-state index in [-0.39, 0.29) is 0 Å². The summed E-state index contributed by atoms with van der Waals surface area (Å²) in [6, 6.07) is 8.99. The Hall–Kier alpha value is -0.510. The van der Waals surface area contributed by atoms with Crippen molar-refractivity contribution in [2.75, 3.05) is 38.5 Å².